The van der Waals surface area contributed by atoms with Crippen LogP contribution in [-0.2, 0) is 10.1 Å². The summed E-state index contributed by atoms with van der Waals surface area (Å²) in [5, 5.41) is 8.89. The maximum atomic E-state index is 12.3. The van der Waals surface area contributed by atoms with E-state index >= 15 is 0 Å². The molecule has 0 saturated carbocycles. The van der Waals surface area contributed by atoms with E-state index in [1.807, 2.05) is 0 Å². The third-order valence-electron chi connectivity index (χ3n) is 2.16. The molecule has 0 heterocycles. The Morgan fingerprint density at radius 3 is 2.55 bits per heavy atom. The Bertz CT molecular complexity index is 552. The minimum Gasteiger partial charge on any atom is -0.462 e. The average Bonchev–Trinajstić information content (AvgIpc) is 2.37. The van der Waals surface area contributed by atoms with E-state index in [-0.39, 0.29) is 28.6 Å². The molecule has 0 aliphatic heterocycles. The molecule has 4 nitrogen and oxygen atoms in total. The smallest absolute Gasteiger partial charge is 0.462 e. The van der Waals surface area contributed by atoms with Crippen molar-refractivity contribution in [1.82, 2.24) is 0 Å². The van der Waals surface area contributed by atoms with Crippen molar-refractivity contribution in [2.24, 2.45) is 0 Å². The van der Waals surface area contributed by atoms with Crippen LogP contribution in [0.2, 0.25) is 0 Å². The Hall–Kier alpha value is -1.75. The van der Waals surface area contributed by atoms with Crippen LogP contribution in [0.4, 0.5) is 13.2 Å². The van der Waals surface area contributed by atoms with Crippen molar-refractivity contribution >= 4 is 21.9 Å². The highest BCUT2D eigenvalue weighted by Crippen LogP contribution is 2.32. The number of benzene rings is 1. The standard InChI is InChI=1S/C12H9BrF3NO3/c1-2-19-11(18)7-3-8(5-13)10(9(4-7)6-17)20-12(14,15)16/h3-4H,2,5H2,1H3. The highest BCUT2D eigenvalue weighted by molar-refractivity contribution is 9.08. The molecule has 0 aromatic heterocycles. The van der Waals surface area contributed by atoms with Gasteiger partial charge in [-0.3, -0.25) is 0 Å². The number of carbonyl (C=O) groups is 1. The summed E-state index contributed by atoms with van der Waals surface area (Å²) in [6.45, 7) is 1.71. The molecular weight excluding hydrogens is 343 g/mol. The van der Waals surface area contributed by atoms with Crippen LogP contribution in [0.5, 0.6) is 5.75 Å². The van der Waals surface area contributed by atoms with Gasteiger partial charge < -0.3 is 9.47 Å². The van der Waals surface area contributed by atoms with Gasteiger partial charge in [-0.25, -0.2) is 4.79 Å². The number of carbonyl (C=O) groups excluding carboxylic acids is 1. The fourth-order valence-corrected chi connectivity index (χ4v) is 1.86. The van der Waals surface area contributed by atoms with E-state index < -0.39 is 18.1 Å². The van der Waals surface area contributed by atoms with Crippen LogP contribution in [0.15, 0.2) is 12.1 Å². The van der Waals surface area contributed by atoms with Gasteiger partial charge in [0, 0.05) is 10.9 Å². The lowest BCUT2D eigenvalue weighted by atomic mass is 10.1. The normalized spacial score (nSPS) is 10.8. The van der Waals surface area contributed by atoms with E-state index in [0.29, 0.717) is 0 Å². The average molecular weight is 352 g/mol. The van der Waals surface area contributed by atoms with Gasteiger partial charge in [0.15, 0.2) is 5.75 Å². The maximum absolute atomic E-state index is 12.3. The Morgan fingerprint density at radius 1 is 1.45 bits per heavy atom. The SMILES string of the molecule is CCOC(=O)c1cc(C#N)c(OC(F)(F)F)c(CBr)c1. The number of nitrogens with zero attached hydrogens (tertiary/aromatic N) is 1. The number of halogens is 4. The Labute approximate surface area is 121 Å². The molecule has 0 bridgehead atoms. The van der Waals surface area contributed by atoms with Crippen LogP contribution in [0.3, 0.4) is 0 Å². The predicted octanol–water partition coefficient (Wildman–Crippen LogP) is 3.53. The van der Waals surface area contributed by atoms with Gasteiger partial charge in [0.1, 0.15) is 6.07 Å². The number of rotatable bonds is 4. The summed E-state index contributed by atoms with van der Waals surface area (Å²) in [6.07, 6.45) is -4.92. The van der Waals surface area contributed by atoms with Gasteiger partial charge >= 0.3 is 12.3 Å². The molecule has 0 radical (unpaired) electrons. The molecule has 0 atom stereocenters. The zero-order valence-electron chi connectivity index (χ0n) is 10.3. The van der Waals surface area contributed by atoms with Crippen LogP contribution in [0, 0.1) is 11.3 Å². The Balaban J connectivity index is 3.33. The third-order valence-corrected chi connectivity index (χ3v) is 2.76. The molecule has 8 heteroatoms. The highest BCUT2D eigenvalue weighted by Gasteiger charge is 2.33. The lowest BCUT2D eigenvalue weighted by Gasteiger charge is -2.14. The number of esters is 1. The highest BCUT2D eigenvalue weighted by atomic mass is 79.9. The molecule has 0 aliphatic rings. The van der Waals surface area contributed by atoms with Gasteiger partial charge in [0.25, 0.3) is 0 Å². The Kier molecular flexibility index (Phi) is 5.39. The summed E-state index contributed by atoms with van der Waals surface area (Å²) in [5.41, 5.74) is -0.362. The van der Waals surface area contributed by atoms with Gasteiger partial charge in [-0.05, 0) is 19.1 Å². The Morgan fingerprint density at radius 2 is 2.10 bits per heavy atom. The molecule has 1 aromatic rings. The topological polar surface area (TPSA) is 59.3 Å². The monoisotopic (exact) mass is 351 g/mol. The number of ether oxygens (including phenoxy) is 2. The van der Waals surface area contributed by atoms with Gasteiger partial charge in [0.05, 0.1) is 17.7 Å². The third kappa shape index (κ3) is 4.13. The van der Waals surface area contributed by atoms with Crippen molar-refractivity contribution < 1.29 is 27.4 Å². The number of alkyl halides is 4. The summed E-state index contributed by atoms with van der Waals surface area (Å²) in [5.74, 6) is -1.34. The lowest BCUT2D eigenvalue weighted by Crippen LogP contribution is -2.19. The predicted molar refractivity (Wildman–Crippen MR) is 66.4 cm³/mol. The number of nitriles is 1. The molecule has 1 rings (SSSR count). The van der Waals surface area contributed by atoms with Gasteiger partial charge in [-0.15, -0.1) is 13.2 Å². The number of hydrogen-bond acceptors (Lipinski definition) is 4. The van der Waals surface area contributed by atoms with Crippen LogP contribution < -0.4 is 4.74 Å². The molecule has 0 unspecified atom stereocenters. The quantitative estimate of drug-likeness (QED) is 0.615. The number of hydrogen-bond donors (Lipinski definition) is 0. The molecule has 20 heavy (non-hydrogen) atoms. The first-order valence-electron chi connectivity index (χ1n) is 5.38. The first-order valence-corrected chi connectivity index (χ1v) is 6.50. The van der Waals surface area contributed by atoms with Gasteiger partial charge in [0.2, 0.25) is 0 Å². The second-order valence-electron chi connectivity index (χ2n) is 3.53. The second-order valence-corrected chi connectivity index (χ2v) is 4.09. The molecule has 1 aromatic carbocycles. The summed E-state index contributed by atoms with van der Waals surface area (Å²) < 4.78 is 45.5. The van der Waals surface area contributed by atoms with E-state index in [9.17, 15) is 18.0 Å². The fraction of sp³-hybridized carbons (Fsp3) is 0.333. The van der Waals surface area contributed by atoms with Crippen molar-refractivity contribution in [1.29, 1.82) is 5.26 Å². The molecular formula is C12H9BrF3NO3. The van der Waals surface area contributed by atoms with Crippen molar-refractivity contribution in [2.45, 2.75) is 18.6 Å². The molecule has 0 aliphatic carbocycles. The maximum Gasteiger partial charge on any atom is 0.573 e. The van der Waals surface area contributed by atoms with E-state index in [4.69, 9.17) is 10.00 Å². The molecule has 0 N–H and O–H groups in total. The summed E-state index contributed by atoms with van der Waals surface area (Å²) in [4.78, 5) is 11.6. The summed E-state index contributed by atoms with van der Waals surface area (Å²) >= 11 is 2.99. The van der Waals surface area contributed by atoms with Gasteiger partial charge in [-0.1, -0.05) is 15.9 Å². The van der Waals surface area contributed by atoms with E-state index in [2.05, 4.69) is 20.7 Å². The molecule has 0 saturated heterocycles. The molecule has 0 fully saturated rings. The van der Waals surface area contributed by atoms with Crippen molar-refractivity contribution in [3.05, 3.63) is 28.8 Å². The van der Waals surface area contributed by atoms with E-state index in [1.54, 1.807) is 13.0 Å². The minimum atomic E-state index is -4.92. The van der Waals surface area contributed by atoms with Crippen LogP contribution in [0.25, 0.3) is 0 Å². The van der Waals surface area contributed by atoms with Gasteiger partial charge in [-0.2, -0.15) is 5.26 Å². The molecule has 0 spiro atoms. The first-order chi connectivity index (χ1) is 9.32. The first kappa shape index (κ1) is 16.3. The zero-order valence-corrected chi connectivity index (χ0v) is 11.8. The van der Waals surface area contributed by atoms with Crippen LogP contribution >= 0.6 is 15.9 Å². The van der Waals surface area contributed by atoms with E-state index in [1.165, 1.54) is 6.07 Å². The largest absolute Gasteiger partial charge is 0.573 e. The molecule has 108 valence electrons. The summed E-state index contributed by atoms with van der Waals surface area (Å²) in [7, 11) is 0. The lowest BCUT2D eigenvalue weighted by molar-refractivity contribution is -0.274. The fourth-order valence-electron chi connectivity index (χ4n) is 1.44. The summed E-state index contributed by atoms with van der Waals surface area (Å²) in [6, 6.07) is 3.77. The minimum absolute atomic E-state index is 0.00706. The van der Waals surface area contributed by atoms with E-state index in [0.717, 1.165) is 6.07 Å². The van der Waals surface area contributed by atoms with Crippen LogP contribution in [-0.4, -0.2) is 18.9 Å². The second kappa shape index (κ2) is 6.61. The van der Waals surface area contributed by atoms with Crippen molar-refractivity contribution in [3.8, 4) is 11.8 Å². The van der Waals surface area contributed by atoms with Crippen molar-refractivity contribution in [3.63, 3.8) is 0 Å². The molecule has 0 amide bonds. The van der Waals surface area contributed by atoms with Crippen molar-refractivity contribution in [2.75, 3.05) is 6.61 Å². The van der Waals surface area contributed by atoms with Crippen LogP contribution in [0.1, 0.15) is 28.4 Å². The zero-order chi connectivity index (χ0) is 15.3.